The van der Waals surface area contributed by atoms with Crippen molar-refractivity contribution in [3.05, 3.63) is 63.1 Å². The lowest BCUT2D eigenvalue weighted by molar-refractivity contribution is 0.582. The SMILES string of the molecule is NC(Cc1ccc(Br)cn1)Cc1cccc(Cl)c1F. The smallest absolute Gasteiger partial charge is 0.145 e. The summed E-state index contributed by atoms with van der Waals surface area (Å²) in [5, 5.41) is 0.131. The third-order valence-electron chi connectivity index (χ3n) is 2.77. The molecular weight excluding hydrogens is 331 g/mol. The normalized spacial score (nSPS) is 12.4. The quantitative estimate of drug-likeness (QED) is 0.918. The standard InChI is InChI=1S/C14H13BrClFN2/c15-10-4-5-12(19-8-10)7-11(18)6-9-2-1-3-13(16)14(9)17/h1-5,8,11H,6-7,18H2. The van der Waals surface area contributed by atoms with Gasteiger partial charge in [-0.3, -0.25) is 4.98 Å². The highest BCUT2D eigenvalue weighted by atomic mass is 79.9. The number of hydrogen-bond acceptors (Lipinski definition) is 2. The summed E-state index contributed by atoms with van der Waals surface area (Å²) in [6, 6.07) is 8.58. The van der Waals surface area contributed by atoms with Gasteiger partial charge in [0.25, 0.3) is 0 Å². The molecule has 5 heteroatoms. The molecule has 2 N–H and O–H groups in total. The van der Waals surface area contributed by atoms with E-state index in [4.69, 9.17) is 17.3 Å². The van der Waals surface area contributed by atoms with Crippen molar-refractivity contribution in [3.63, 3.8) is 0 Å². The van der Waals surface area contributed by atoms with E-state index in [0.717, 1.165) is 10.2 Å². The Hall–Kier alpha value is -0.970. The van der Waals surface area contributed by atoms with Crippen LogP contribution in [0.4, 0.5) is 4.39 Å². The molecule has 1 aromatic heterocycles. The van der Waals surface area contributed by atoms with Crippen molar-refractivity contribution >= 4 is 27.5 Å². The van der Waals surface area contributed by atoms with Crippen LogP contribution in [0.1, 0.15) is 11.3 Å². The zero-order chi connectivity index (χ0) is 13.8. The van der Waals surface area contributed by atoms with Crippen LogP contribution in [-0.4, -0.2) is 11.0 Å². The van der Waals surface area contributed by atoms with Crippen LogP contribution in [0.25, 0.3) is 0 Å². The maximum atomic E-state index is 13.7. The number of nitrogens with zero attached hydrogens (tertiary/aromatic N) is 1. The van der Waals surface area contributed by atoms with Crippen LogP contribution in [-0.2, 0) is 12.8 Å². The highest BCUT2D eigenvalue weighted by molar-refractivity contribution is 9.10. The topological polar surface area (TPSA) is 38.9 Å². The first kappa shape index (κ1) is 14.4. The summed E-state index contributed by atoms with van der Waals surface area (Å²) < 4.78 is 14.7. The van der Waals surface area contributed by atoms with Gasteiger partial charge in [0.2, 0.25) is 0 Å². The van der Waals surface area contributed by atoms with E-state index >= 15 is 0 Å². The molecule has 0 amide bonds. The Morgan fingerprint density at radius 2 is 2.05 bits per heavy atom. The first-order valence-corrected chi connectivity index (χ1v) is 7.02. The maximum Gasteiger partial charge on any atom is 0.145 e. The van der Waals surface area contributed by atoms with Gasteiger partial charge in [0.15, 0.2) is 0 Å². The van der Waals surface area contributed by atoms with Crippen LogP contribution in [0.2, 0.25) is 5.02 Å². The Labute approximate surface area is 124 Å². The largest absolute Gasteiger partial charge is 0.327 e. The van der Waals surface area contributed by atoms with E-state index in [-0.39, 0.29) is 16.9 Å². The predicted molar refractivity (Wildman–Crippen MR) is 78.7 cm³/mol. The van der Waals surface area contributed by atoms with Crippen molar-refractivity contribution < 1.29 is 4.39 Å². The number of nitrogens with two attached hydrogens (primary N) is 1. The third kappa shape index (κ3) is 4.00. The van der Waals surface area contributed by atoms with Crippen LogP contribution in [0.15, 0.2) is 41.0 Å². The minimum absolute atomic E-state index is 0.131. The van der Waals surface area contributed by atoms with E-state index < -0.39 is 0 Å². The van der Waals surface area contributed by atoms with E-state index in [2.05, 4.69) is 20.9 Å². The Morgan fingerprint density at radius 1 is 1.26 bits per heavy atom. The fourth-order valence-electron chi connectivity index (χ4n) is 1.86. The zero-order valence-corrected chi connectivity index (χ0v) is 12.5. The van der Waals surface area contributed by atoms with Gasteiger partial charge in [0, 0.05) is 28.8 Å². The molecule has 0 saturated carbocycles. The van der Waals surface area contributed by atoms with Crippen molar-refractivity contribution in [2.24, 2.45) is 5.73 Å². The van der Waals surface area contributed by atoms with Crippen LogP contribution in [0.5, 0.6) is 0 Å². The molecule has 19 heavy (non-hydrogen) atoms. The summed E-state index contributed by atoms with van der Waals surface area (Å²) in [4.78, 5) is 4.25. The molecule has 1 heterocycles. The fourth-order valence-corrected chi connectivity index (χ4v) is 2.29. The van der Waals surface area contributed by atoms with E-state index in [1.807, 2.05) is 12.1 Å². The lowest BCUT2D eigenvalue weighted by Crippen LogP contribution is -2.26. The molecular formula is C14H13BrClFN2. The van der Waals surface area contributed by atoms with Gasteiger partial charge in [0.05, 0.1) is 5.02 Å². The van der Waals surface area contributed by atoms with E-state index in [1.165, 1.54) is 6.07 Å². The average Bonchev–Trinajstić information content (AvgIpc) is 2.38. The monoisotopic (exact) mass is 342 g/mol. The van der Waals surface area contributed by atoms with E-state index in [1.54, 1.807) is 18.3 Å². The molecule has 0 saturated heterocycles. The van der Waals surface area contributed by atoms with Crippen LogP contribution in [0.3, 0.4) is 0 Å². The number of aromatic nitrogens is 1. The van der Waals surface area contributed by atoms with Gasteiger partial charge < -0.3 is 5.73 Å². The molecule has 0 aliphatic rings. The van der Waals surface area contributed by atoms with Crippen LogP contribution in [0, 0.1) is 5.82 Å². The second-order valence-electron chi connectivity index (χ2n) is 4.35. The number of rotatable bonds is 4. The van der Waals surface area contributed by atoms with Crippen molar-refractivity contribution in [1.29, 1.82) is 0 Å². The number of hydrogen-bond donors (Lipinski definition) is 1. The second kappa shape index (κ2) is 6.46. The third-order valence-corrected chi connectivity index (χ3v) is 3.53. The van der Waals surface area contributed by atoms with Crippen molar-refractivity contribution in [3.8, 4) is 0 Å². The Bertz CT molecular complexity index is 560. The molecule has 2 aromatic rings. The summed E-state index contributed by atoms with van der Waals surface area (Å²) in [6.45, 7) is 0. The zero-order valence-electron chi connectivity index (χ0n) is 10.1. The highest BCUT2D eigenvalue weighted by Gasteiger charge is 2.11. The molecule has 0 radical (unpaired) electrons. The average molecular weight is 344 g/mol. The molecule has 1 unspecified atom stereocenters. The molecule has 0 fully saturated rings. The molecule has 0 aliphatic carbocycles. The summed E-state index contributed by atoms with van der Waals surface area (Å²) in [6.07, 6.45) is 2.76. The van der Waals surface area contributed by atoms with Crippen molar-refractivity contribution in [2.45, 2.75) is 18.9 Å². The van der Waals surface area contributed by atoms with Gasteiger partial charge in [-0.2, -0.15) is 0 Å². The molecule has 2 nitrogen and oxygen atoms in total. The summed E-state index contributed by atoms with van der Waals surface area (Å²) in [5.41, 5.74) is 7.46. The Morgan fingerprint density at radius 3 is 2.74 bits per heavy atom. The van der Waals surface area contributed by atoms with Gasteiger partial charge in [-0.25, -0.2) is 4.39 Å². The molecule has 1 atom stereocenters. The second-order valence-corrected chi connectivity index (χ2v) is 5.67. The van der Waals surface area contributed by atoms with Gasteiger partial charge >= 0.3 is 0 Å². The molecule has 2 rings (SSSR count). The van der Waals surface area contributed by atoms with Crippen molar-refractivity contribution in [2.75, 3.05) is 0 Å². The summed E-state index contributed by atoms with van der Waals surface area (Å²) in [5.74, 6) is -0.386. The highest BCUT2D eigenvalue weighted by Crippen LogP contribution is 2.19. The van der Waals surface area contributed by atoms with Gasteiger partial charge in [-0.15, -0.1) is 0 Å². The Balaban J connectivity index is 2.03. The van der Waals surface area contributed by atoms with Crippen LogP contribution >= 0.6 is 27.5 Å². The molecule has 0 bridgehead atoms. The Kier molecular flexibility index (Phi) is 4.91. The minimum atomic E-state index is -0.386. The van der Waals surface area contributed by atoms with E-state index in [9.17, 15) is 4.39 Å². The van der Waals surface area contributed by atoms with Gasteiger partial charge in [-0.05, 0) is 46.1 Å². The summed E-state index contributed by atoms with van der Waals surface area (Å²) in [7, 11) is 0. The lowest BCUT2D eigenvalue weighted by Gasteiger charge is -2.12. The fraction of sp³-hybridized carbons (Fsp3) is 0.214. The molecule has 1 aromatic carbocycles. The minimum Gasteiger partial charge on any atom is -0.327 e. The van der Waals surface area contributed by atoms with Gasteiger partial charge in [0.1, 0.15) is 5.82 Å². The summed E-state index contributed by atoms with van der Waals surface area (Å²) >= 11 is 9.07. The van der Waals surface area contributed by atoms with Gasteiger partial charge in [-0.1, -0.05) is 23.7 Å². The molecule has 0 spiro atoms. The molecule has 0 aliphatic heterocycles. The van der Waals surface area contributed by atoms with Crippen LogP contribution < -0.4 is 5.73 Å². The maximum absolute atomic E-state index is 13.7. The number of pyridine rings is 1. The number of benzene rings is 1. The van der Waals surface area contributed by atoms with E-state index in [0.29, 0.717) is 18.4 Å². The first-order valence-electron chi connectivity index (χ1n) is 5.85. The lowest BCUT2D eigenvalue weighted by atomic mass is 10.0. The molecule has 100 valence electrons. The predicted octanol–water partition coefficient (Wildman–Crippen LogP) is 3.75. The van der Waals surface area contributed by atoms with Crippen molar-refractivity contribution in [1.82, 2.24) is 4.98 Å². The number of halogens is 3. The first-order chi connectivity index (χ1) is 9.06.